The smallest absolute Gasteiger partial charge is 0.145 e. The fraction of sp³-hybridized carbons (Fsp3) is 0.714. The quantitative estimate of drug-likeness (QED) is 0.519. The molecule has 1 aromatic rings. The second kappa shape index (κ2) is 7.40. The molecule has 4 N–H and O–H groups in total. The topological polar surface area (TPSA) is 79.1 Å². The average Bonchev–Trinajstić information content (AvgIpc) is 2.99. The Labute approximate surface area is 121 Å². The number of hydrogen-bond donors (Lipinski definition) is 3. The molecule has 0 aromatic carbocycles. The highest BCUT2D eigenvalue weighted by Crippen LogP contribution is 2.14. The van der Waals surface area contributed by atoms with Crippen molar-refractivity contribution in [3.63, 3.8) is 0 Å². The summed E-state index contributed by atoms with van der Waals surface area (Å²) in [6, 6.07) is 2.38. The zero-order valence-corrected chi connectivity index (χ0v) is 12.5. The number of aromatic nitrogens is 2. The molecule has 0 saturated carbocycles. The maximum absolute atomic E-state index is 5.46. The van der Waals surface area contributed by atoms with Crippen LogP contribution in [0, 0.1) is 0 Å². The summed E-state index contributed by atoms with van der Waals surface area (Å²) in [5.74, 6) is 7.81. The summed E-state index contributed by atoms with van der Waals surface area (Å²) in [5, 5.41) is 3.41. The zero-order chi connectivity index (χ0) is 14.4. The lowest BCUT2D eigenvalue weighted by Crippen LogP contribution is -2.35. The van der Waals surface area contributed by atoms with Gasteiger partial charge in [-0.25, -0.2) is 15.8 Å². The van der Waals surface area contributed by atoms with E-state index in [1.165, 1.54) is 25.9 Å². The molecule has 0 amide bonds. The van der Waals surface area contributed by atoms with Crippen molar-refractivity contribution in [3.8, 4) is 0 Å². The lowest BCUT2D eigenvalue weighted by molar-refractivity contribution is 0.269. The lowest BCUT2D eigenvalue weighted by atomic mass is 10.3. The zero-order valence-electron chi connectivity index (χ0n) is 12.5. The molecule has 1 atom stereocenters. The van der Waals surface area contributed by atoms with Crippen LogP contribution in [0.5, 0.6) is 0 Å². The molecule has 6 heteroatoms. The van der Waals surface area contributed by atoms with E-state index in [1.807, 2.05) is 6.07 Å². The fourth-order valence-electron chi connectivity index (χ4n) is 2.56. The highest BCUT2D eigenvalue weighted by molar-refractivity contribution is 5.46. The molecular weight excluding hydrogens is 252 g/mol. The van der Waals surface area contributed by atoms with E-state index in [1.54, 1.807) is 0 Å². The van der Waals surface area contributed by atoms with Gasteiger partial charge in [0.2, 0.25) is 0 Å². The molecule has 1 fully saturated rings. The molecular formula is C14H26N6. The molecule has 0 bridgehead atoms. The molecule has 1 saturated heterocycles. The van der Waals surface area contributed by atoms with E-state index in [0.717, 1.165) is 31.0 Å². The standard InChI is InChI=1S/C14H26N6/c1-3-6-12-17-13(9-14(18-12)19-15)16-10-11(2)20-7-4-5-8-20/h9,11H,3-8,10,15H2,1-2H3,(H2,16,17,18,19). The number of nitrogens with two attached hydrogens (primary N) is 1. The summed E-state index contributed by atoms with van der Waals surface area (Å²) in [6.45, 7) is 7.70. The third kappa shape index (κ3) is 4.05. The molecule has 0 radical (unpaired) electrons. The van der Waals surface area contributed by atoms with E-state index in [-0.39, 0.29) is 0 Å². The maximum Gasteiger partial charge on any atom is 0.145 e. The highest BCUT2D eigenvalue weighted by Gasteiger charge is 2.17. The van der Waals surface area contributed by atoms with Gasteiger partial charge in [-0.3, -0.25) is 4.90 Å². The SMILES string of the molecule is CCCc1nc(NN)cc(NCC(C)N2CCCC2)n1. The van der Waals surface area contributed by atoms with Crippen LogP contribution in [0.2, 0.25) is 0 Å². The predicted octanol–water partition coefficient (Wildman–Crippen LogP) is 1.61. The van der Waals surface area contributed by atoms with E-state index < -0.39 is 0 Å². The number of anilines is 2. The Balaban J connectivity index is 1.95. The Morgan fingerprint density at radius 1 is 1.30 bits per heavy atom. The van der Waals surface area contributed by atoms with E-state index in [9.17, 15) is 0 Å². The van der Waals surface area contributed by atoms with Crippen molar-refractivity contribution in [3.05, 3.63) is 11.9 Å². The first-order valence-electron chi connectivity index (χ1n) is 7.55. The van der Waals surface area contributed by atoms with E-state index in [4.69, 9.17) is 5.84 Å². The van der Waals surface area contributed by atoms with Crippen molar-refractivity contribution >= 4 is 11.6 Å². The first kappa shape index (κ1) is 15.0. The largest absolute Gasteiger partial charge is 0.368 e. The van der Waals surface area contributed by atoms with Crippen molar-refractivity contribution in [1.29, 1.82) is 0 Å². The van der Waals surface area contributed by atoms with Gasteiger partial charge in [0.05, 0.1) is 0 Å². The summed E-state index contributed by atoms with van der Waals surface area (Å²) in [6.07, 6.45) is 4.53. The molecule has 0 aliphatic carbocycles. The van der Waals surface area contributed by atoms with Crippen molar-refractivity contribution in [2.75, 3.05) is 30.4 Å². The van der Waals surface area contributed by atoms with Crippen molar-refractivity contribution in [1.82, 2.24) is 14.9 Å². The summed E-state index contributed by atoms with van der Waals surface area (Å²) in [5.41, 5.74) is 2.61. The number of hydrogen-bond acceptors (Lipinski definition) is 6. The number of rotatable bonds is 7. The minimum Gasteiger partial charge on any atom is -0.368 e. The van der Waals surface area contributed by atoms with Crippen LogP contribution >= 0.6 is 0 Å². The number of nitrogens with zero attached hydrogens (tertiary/aromatic N) is 3. The molecule has 6 nitrogen and oxygen atoms in total. The van der Waals surface area contributed by atoms with Crippen LogP contribution in [0.1, 0.15) is 38.9 Å². The molecule has 2 heterocycles. The summed E-state index contributed by atoms with van der Waals surface area (Å²) in [7, 11) is 0. The number of hydrazine groups is 1. The van der Waals surface area contributed by atoms with E-state index >= 15 is 0 Å². The second-order valence-electron chi connectivity index (χ2n) is 5.42. The molecule has 2 rings (SSSR count). The number of likely N-dealkylation sites (tertiary alicyclic amines) is 1. The lowest BCUT2D eigenvalue weighted by Gasteiger charge is -2.24. The van der Waals surface area contributed by atoms with Crippen LogP contribution in [0.25, 0.3) is 0 Å². The number of aryl methyl sites for hydroxylation is 1. The Bertz CT molecular complexity index is 416. The molecule has 1 aromatic heterocycles. The summed E-state index contributed by atoms with van der Waals surface area (Å²) < 4.78 is 0. The Hall–Kier alpha value is -1.40. The van der Waals surface area contributed by atoms with Crippen LogP contribution in [0.4, 0.5) is 11.6 Å². The van der Waals surface area contributed by atoms with Gasteiger partial charge >= 0.3 is 0 Å². The van der Waals surface area contributed by atoms with Crippen LogP contribution in [0.15, 0.2) is 6.07 Å². The predicted molar refractivity (Wildman–Crippen MR) is 82.6 cm³/mol. The fourth-order valence-corrected chi connectivity index (χ4v) is 2.56. The maximum atomic E-state index is 5.46. The third-order valence-corrected chi connectivity index (χ3v) is 3.74. The Kier molecular flexibility index (Phi) is 5.55. The van der Waals surface area contributed by atoms with Crippen LogP contribution in [0.3, 0.4) is 0 Å². The van der Waals surface area contributed by atoms with Crippen molar-refractivity contribution in [2.24, 2.45) is 5.84 Å². The van der Waals surface area contributed by atoms with Gasteiger partial charge in [-0.1, -0.05) is 6.92 Å². The van der Waals surface area contributed by atoms with Gasteiger partial charge in [0.1, 0.15) is 17.5 Å². The van der Waals surface area contributed by atoms with Crippen molar-refractivity contribution in [2.45, 2.75) is 45.6 Å². The van der Waals surface area contributed by atoms with Crippen LogP contribution in [-0.4, -0.2) is 40.5 Å². The first-order chi connectivity index (χ1) is 9.72. The third-order valence-electron chi connectivity index (χ3n) is 3.74. The van der Waals surface area contributed by atoms with Gasteiger partial charge in [0, 0.05) is 25.1 Å². The minimum atomic E-state index is 0.524. The molecule has 112 valence electrons. The molecule has 20 heavy (non-hydrogen) atoms. The molecule has 1 unspecified atom stereocenters. The van der Waals surface area contributed by atoms with Crippen LogP contribution < -0.4 is 16.6 Å². The monoisotopic (exact) mass is 278 g/mol. The Morgan fingerprint density at radius 3 is 2.65 bits per heavy atom. The normalized spacial score (nSPS) is 17.1. The minimum absolute atomic E-state index is 0.524. The number of nitrogens with one attached hydrogen (secondary N) is 2. The first-order valence-corrected chi connectivity index (χ1v) is 7.55. The molecule has 1 aliphatic rings. The Morgan fingerprint density at radius 2 is 2.00 bits per heavy atom. The van der Waals surface area contributed by atoms with E-state index in [0.29, 0.717) is 11.9 Å². The summed E-state index contributed by atoms with van der Waals surface area (Å²) in [4.78, 5) is 11.4. The number of nitrogen functional groups attached to an aromatic ring is 1. The van der Waals surface area contributed by atoms with Gasteiger partial charge < -0.3 is 10.7 Å². The van der Waals surface area contributed by atoms with Crippen LogP contribution in [-0.2, 0) is 6.42 Å². The average molecular weight is 278 g/mol. The van der Waals surface area contributed by atoms with Gasteiger partial charge in [0.15, 0.2) is 0 Å². The van der Waals surface area contributed by atoms with E-state index in [2.05, 4.69) is 39.5 Å². The molecule has 1 aliphatic heterocycles. The van der Waals surface area contributed by atoms with Crippen molar-refractivity contribution < 1.29 is 0 Å². The van der Waals surface area contributed by atoms with Gasteiger partial charge in [-0.15, -0.1) is 0 Å². The molecule has 0 spiro atoms. The highest BCUT2D eigenvalue weighted by atomic mass is 15.3. The second-order valence-corrected chi connectivity index (χ2v) is 5.42. The van der Waals surface area contributed by atoms with Gasteiger partial charge in [0.25, 0.3) is 0 Å². The van der Waals surface area contributed by atoms with Gasteiger partial charge in [-0.2, -0.15) is 0 Å². The van der Waals surface area contributed by atoms with Gasteiger partial charge in [-0.05, 0) is 39.3 Å². The summed E-state index contributed by atoms with van der Waals surface area (Å²) >= 11 is 0.